The van der Waals surface area contributed by atoms with Gasteiger partial charge >= 0.3 is 0 Å². The maximum Gasteiger partial charge on any atom is 0.162 e. The fourth-order valence-electron chi connectivity index (χ4n) is 3.70. The summed E-state index contributed by atoms with van der Waals surface area (Å²) >= 11 is 0. The van der Waals surface area contributed by atoms with Crippen LogP contribution in [0.15, 0.2) is 30.9 Å². The highest BCUT2D eigenvalue weighted by atomic mass is 15.3. The molecule has 0 fully saturated rings. The molecular weight excluding hydrogens is 324 g/mol. The molecule has 0 aliphatic rings. The van der Waals surface area contributed by atoms with E-state index >= 15 is 0 Å². The molecule has 0 aromatic carbocycles. The van der Waals surface area contributed by atoms with Gasteiger partial charge < -0.3 is 4.98 Å². The van der Waals surface area contributed by atoms with E-state index in [1.54, 1.807) is 6.33 Å². The van der Waals surface area contributed by atoms with Crippen molar-refractivity contribution in [2.75, 3.05) is 0 Å². The molecule has 0 saturated heterocycles. The number of hydrogen-bond donors (Lipinski definition) is 1. The molecule has 0 spiro atoms. The Morgan fingerprint density at radius 2 is 1.92 bits per heavy atom. The van der Waals surface area contributed by atoms with Crippen LogP contribution < -0.4 is 0 Å². The highest BCUT2D eigenvalue weighted by Gasteiger charge is 2.21. The fourth-order valence-corrected chi connectivity index (χ4v) is 3.70. The number of aromatic nitrogens is 6. The molecule has 4 rings (SSSR count). The minimum Gasteiger partial charge on any atom is -0.346 e. The first-order valence-electron chi connectivity index (χ1n) is 9.36. The van der Waals surface area contributed by atoms with Gasteiger partial charge in [0.2, 0.25) is 0 Å². The molecule has 26 heavy (non-hydrogen) atoms. The number of fused-ring (bicyclic) bond motifs is 2. The normalized spacial score (nSPS) is 11.8. The summed E-state index contributed by atoms with van der Waals surface area (Å²) < 4.78 is 2.12. The zero-order chi connectivity index (χ0) is 18.1. The Bertz CT molecular complexity index is 1040. The maximum atomic E-state index is 5.01. The van der Waals surface area contributed by atoms with Crippen LogP contribution in [0.25, 0.3) is 33.3 Å². The summed E-state index contributed by atoms with van der Waals surface area (Å²) in [5, 5.41) is 7.12. The molecular formula is C20H24N6. The topological polar surface area (TPSA) is 72.3 Å². The van der Waals surface area contributed by atoms with Crippen molar-refractivity contribution in [1.29, 1.82) is 0 Å². The van der Waals surface area contributed by atoms with Gasteiger partial charge in [-0.25, -0.2) is 19.6 Å². The second-order valence-electron chi connectivity index (χ2n) is 6.82. The maximum absolute atomic E-state index is 5.01. The smallest absolute Gasteiger partial charge is 0.162 e. The molecule has 134 valence electrons. The lowest BCUT2D eigenvalue weighted by Gasteiger charge is -2.16. The number of hydrogen-bond acceptors (Lipinski definition) is 4. The lowest BCUT2D eigenvalue weighted by Crippen LogP contribution is -2.11. The van der Waals surface area contributed by atoms with E-state index in [1.807, 2.05) is 25.4 Å². The molecule has 6 nitrogen and oxygen atoms in total. The monoisotopic (exact) mass is 348 g/mol. The molecule has 0 aliphatic heterocycles. The Morgan fingerprint density at radius 1 is 1.12 bits per heavy atom. The summed E-state index contributed by atoms with van der Waals surface area (Å²) in [6, 6.07) is 4.52. The second kappa shape index (κ2) is 6.86. The molecule has 4 heterocycles. The third-order valence-electron chi connectivity index (χ3n) is 4.94. The van der Waals surface area contributed by atoms with E-state index in [0.29, 0.717) is 6.04 Å². The number of H-pyrrole nitrogens is 1. The van der Waals surface area contributed by atoms with Gasteiger partial charge in [0.05, 0.1) is 17.1 Å². The lowest BCUT2D eigenvalue weighted by molar-refractivity contribution is 0.401. The predicted molar refractivity (Wildman–Crippen MR) is 104 cm³/mol. The third kappa shape index (κ3) is 2.75. The zero-order valence-electron chi connectivity index (χ0n) is 15.5. The zero-order valence-corrected chi connectivity index (χ0v) is 15.5. The number of nitrogens with zero attached hydrogens (tertiary/aromatic N) is 5. The van der Waals surface area contributed by atoms with Crippen molar-refractivity contribution in [3.63, 3.8) is 0 Å². The van der Waals surface area contributed by atoms with Crippen LogP contribution in [-0.4, -0.2) is 29.7 Å². The highest BCUT2D eigenvalue weighted by molar-refractivity contribution is 5.94. The Balaban J connectivity index is 1.94. The quantitative estimate of drug-likeness (QED) is 0.542. The van der Waals surface area contributed by atoms with Gasteiger partial charge in [-0.05, 0) is 31.9 Å². The van der Waals surface area contributed by atoms with Crippen molar-refractivity contribution >= 4 is 22.1 Å². The van der Waals surface area contributed by atoms with E-state index in [-0.39, 0.29) is 0 Å². The van der Waals surface area contributed by atoms with E-state index in [4.69, 9.17) is 5.10 Å². The summed E-state index contributed by atoms with van der Waals surface area (Å²) in [4.78, 5) is 16.7. The number of nitrogens with one attached hydrogen (secondary N) is 1. The lowest BCUT2D eigenvalue weighted by atomic mass is 10.1. The van der Waals surface area contributed by atoms with E-state index in [2.05, 4.69) is 44.5 Å². The molecule has 0 aliphatic carbocycles. The van der Waals surface area contributed by atoms with Gasteiger partial charge in [-0.1, -0.05) is 26.7 Å². The van der Waals surface area contributed by atoms with Crippen molar-refractivity contribution in [2.24, 2.45) is 0 Å². The summed E-state index contributed by atoms with van der Waals surface area (Å²) in [5.41, 5.74) is 4.70. The first-order valence-corrected chi connectivity index (χ1v) is 9.36. The minimum absolute atomic E-state index is 0.361. The highest BCUT2D eigenvalue weighted by Crippen LogP contribution is 2.33. The minimum atomic E-state index is 0.361. The van der Waals surface area contributed by atoms with Gasteiger partial charge in [0, 0.05) is 23.3 Å². The van der Waals surface area contributed by atoms with Gasteiger partial charge in [0.25, 0.3) is 0 Å². The largest absolute Gasteiger partial charge is 0.346 e. The summed E-state index contributed by atoms with van der Waals surface area (Å²) in [6.07, 6.45) is 9.88. The number of rotatable bonds is 6. The first-order chi connectivity index (χ1) is 12.7. The fraction of sp³-hybridized carbons (Fsp3) is 0.400. The number of aromatic amines is 1. The number of aryl methyl sites for hydroxylation is 1. The summed E-state index contributed by atoms with van der Waals surface area (Å²) in [5.74, 6) is 0. The average Bonchev–Trinajstić information content (AvgIpc) is 3.26. The van der Waals surface area contributed by atoms with Crippen LogP contribution >= 0.6 is 0 Å². The standard InChI is InChI=1S/C20H24N6/c1-4-6-16(7-5-2)26-20-17(13(3)23-12-24-20)18(25-26)15-10-14-8-9-21-19(14)22-11-15/h8-12,16H,4-7H2,1-3H3,(H,21,22). The van der Waals surface area contributed by atoms with E-state index < -0.39 is 0 Å². The molecule has 0 bridgehead atoms. The van der Waals surface area contributed by atoms with Crippen LogP contribution in [0.4, 0.5) is 0 Å². The van der Waals surface area contributed by atoms with E-state index in [0.717, 1.165) is 64.7 Å². The Kier molecular flexibility index (Phi) is 4.41. The summed E-state index contributed by atoms with van der Waals surface area (Å²) in [6.45, 7) is 6.47. The predicted octanol–water partition coefficient (Wildman–Crippen LogP) is 4.82. The Labute approximate surface area is 152 Å². The van der Waals surface area contributed by atoms with Gasteiger partial charge in [-0.2, -0.15) is 5.10 Å². The molecule has 6 heteroatoms. The van der Waals surface area contributed by atoms with Crippen LogP contribution in [0.3, 0.4) is 0 Å². The molecule has 0 atom stereocenters. The van der Waals surface area contributed by atoms with Gasteiger partial charge in [0.15, 0.2) is 5.65 Å². The van der Waals surface area contributed by atoms with Crippen LogP contribution in [0.5, 0.6) is 0 Å². The second-order valence-corrected chi connectivity index (χ2v) is 6.82. The SMILES string of the molecule is CCCC(CCC)n1nc(-c2cnc3[nH]ccc3c2)c2c(C)ncnc21. The van der Waals surface area contributed by atoms with Gasteiger partial charge in [-0.15, -0.1) is 0 Å². The molecule has 0 unspecified atom stereocenters. The molecule has 1 N–H and O–H groups in total. The van der Waals surface area contributed by atoms with Crippen molar-refractivity contribution in [3.05, 3.63) is 36.5 Å². The molecule has 4 aromatic rings. The van der Waals surface area contributed by atoms with Crippen LogP contribution in [0.1, 0.15) is 51.3 Å². The third-order valence-corrected chi connectivity index (χ3v) is 4.94. The van der Waals surface area contributed by atoms with Crippen molar-refractivity contribution in [1.82, 2.24) is 29.7 Å². The van der Waals surface area contributed by atoms with E-state index in [1.165, 1.54) is 0 Å². The van der Waals surface area contributed by atoms with Crippen LogP contribution in [-0.2, 0) is 0 Å². The Hall–Kier alpha value is -2.76. The van der Waals surface area contributed by atoms with Crippen LogP contribution in [0, 0.1) is 6.92 Å². The summed E-state index contributed by atoms with van der Waals surface area (Å²) in [7, 11) is 0. The molecule has 0 radical (unpaired) electrons. The van der Waals surface area contributed by atoms with Crippen molar-refractivity contribution < 1.29 is 0 Å². The molecule has 0 saturated carbocycles. The van der Waals surface area contributed by atoms with Crippen LogP contribution in [0.2, 0.25) is 0 Å². The van der Waals surface area contributed by atoms with Crippen molar-refractivity contribution in [3.8, 4) is 11.3 Å². The first kappa shape index (κ1) is 16.7. The van der Waals surface area contributed by atoms with E-state index in [9.17, 15) is 0 Å². The van der Waals surface area contributed by atoms with Gasteiger partial charge in [-0.3, -0.25) is 0 Å². The molecule has 4 aromatic heterocycles. The van der Waals surface area contributed by atoms with Crippen molar-refractivity contribution in [2.45, 2.75) is 52.5 Å². The van der Waals surface area contributed by atoms with Gasteiger partial charge in [0.1, 0.15) is 17.7 Å². The molecule has 0 amide bonds. The Morgan fingerprint density at radius 3 is 2.69 bits per heavy atom. The number of pyridine rings is 1. The average molecular weight is 348 g/mol.